The van der Waals surface area contributed by atoms with Crippen molar-refractivity contribution in [1.29, 1.82) is 0 Å². The summed E-state index contributed by atoms with van der Waals surface area (Å²) in [6.45, 7) is 0. The van der Waals surface area contributed by atoms with Gasteiger partial charge in [0.05, 0.1) is 22.8 Å². The van der Waals surface area contributed by atoms with E-state index in [1.165, 1.54) is 4.90 Å². The van der Waals surface area contributed by atoms with Crippen LogP contribution in [0.25, 0.3) is 0 Å². The van der Waals surface area contributed by atoms with E-state index in [4.69, 9.17) is 15.2 Å². The Morgan fingerprint density at radius 3 is 1.39 bits per heavy atom. The number of hydrogen-bond acceptors (Lipinski definition) is 9. The fourth-order valence-electron chi connectivity index (χ4n) is 4.74. The first-order valence-electron chi connectivity index (χ1n) is 14.2. The number of amides is 2. The van der Waals surface area contributed by atoms with E-state index in [2.05, 4.69) is 9.97 Å². The summed E-state index contributed by atoms with van der Waals surface area (Å²) < 4.78 is 10.9. The van der Waals surface area contributed by atoms with Crippen molar-refractivity contribution in [2.24, 2.45) is 5.73 Å². The van der Waals surface area contributed by atoms with Crippen LogP contribution in [0.2, 0.25) is 0 Å². The van der Waals surface area contributed by atoms with Gasteiger partial charge in [0.15, 0.2) is 0 Å². The van der Waals surface area contributed by atoms with E-state index in [1.54, 1.807) is 24.3 Å². The van der Waals surface area contributed by atoms with Gasteiger partial charge in [0.25, 0.3) is 10.4 Å². The molecule has 4 aromatic carbocycles. The molecule has 2 heterocycles. The minimum Gasteiger partial charge on any atom is -0.381 e. The Morgan fingerprint density at radius 2 is 0.978 bits per heavy atom. The highest BCUT2D eigenvalue weighted by molar-refractivity contribution is 7.19. The van der Waals surface area contributed by atoms with Crippen molar-refractivity contribution in [1.82, 2.24) is 9.97 Å². The predicted octanol–water partition coefficient (Wildman–Crippen LogP) is 7.81. The van der Waals surface area contributed by atoms with E-state index in [9.17, 15) is 14.4 Å². The van der Waals surface area contributed by atoms with Crippen molar-refractivity contribution in [2.75, 3.05) is 4.90 Å². The van der Waals surface area contributed by atoms with Gasteiger partial charge in [0.1, 0.15) is 9.75 Å². The Labute approximate surface area is 272 Å². The van der Waals surface area contributed by atoms with Gasteiger partial charge in [0, 0.05) is 12.8 Å². The van der Waals surface area contributed by atoms with E-state index in [-0.39, 0.29) is 25.9 Å². The van der Waals surface area contributed by atoms with E-state index < -0.39 is 12.2 Å². The molecule has 6 rings (SSSR count). The number of ketones is 1. The second-order valence-electron chi connectivity index (χ2n) is 9.96. The molecule has 0 aliphatic rings. The number of anilines is 2. The lowest BCUT2D eigenvalue weighted by Gasteiger charge is -2.21. The highest BCUT2D eigenvalue weighted by Gasteiger charge is 2.29. The molecule has 2 amide bonds. The number of carbonyl (C=O) groups is 3. The molecular formula is C35H26N4O5S2. The summed E-state index contributed by atoms with van der Waals surface area (Å²) in [6.07, 6.45) is -1.08. The highest BCUT2D eigenvalue weighted by atomic mass is 32.1. The summed E-state index contributed by atoms with van der Waals surface area (Å²) in [5.74, 6) is -0.378. The minimum absolute atomic E-state index is 0.0128. The molecule has 0 unspecified atom stereocenters. The lowest BCUT2D eigenvalue weighted by atomic mass is 10.1. The fourth-order valence-corrected chi connectivity index (χ4v) is 6.57. The number of nitrogens with zero attached hydrogens (tertiary/aromatic N) is 3. The summed E-state index contributed by atoms with van der Waals surface area (Å²) in [6, 6.07) is 37.3. The third kappa shape index (κ3) is 7.17. The summed E-state index contributed by atoms with van der Waals surface area (Å²) in [5, 5.41) is -0.0252. The van der Waals surface area contributed by atoms with E-state index in [0.29, 0.717) is 35.6 Å². The first kappa shape index (κ1) is 30.4. The number of para-hydroxylation sites is 2. The number of ether oxygens (including phenoxy) is 2. The average Bonchev–Trinajstić information content (AvgIpc) is 3.65. The molecule has 0 aliphatic carbocycles. The van der Waals surface area contributed by atoms with Crippen LogP contribution < -0.4 is 20.1 Å². The maximum Gasteiger partial charge on any atom is 0.426 e. The van der Waals surface area contributed by atoms with Crippen molar-refractivity contribution in [3.8, 4) is 10.4 Å². The molecule has 228 valence electrons. The van der Waals surface area contributed by atoms with Crippen molar-refractivity contribution in [2.45, 2.75) is 12.8 Å². The molecule has 0 aliphatic heterocycles. The molecule has 11 heteroatoms. The lowest BCUT2D eigenvalue weighted by molar-refractivity contribution is 0.104. The molecular weight excluding hydrogens is 621 g/mol. The van der Waals surface area contributed by atoms with Gasteiger partial charge in [-0.15, -0.1) is 0 Å². The quantitative estimate of drug-likeness (QED) is 0.151. The van der Waals surface area contributed by atoms with Crippen LogP contribution in [0.3, 0.4) is 0 Å². The molecule has 0 fully saturated rings. The van der Waals surface area contributed by atoms with Gasteiger partial charge in [-0.25, -0.2) is 24.5 Å². The van der Waals surface area contributed by atoms with Crippen LogP contribution in [0.5, 0.6) is 10.4 Å². The maximum absolute atomic E-state index is 14.3. The van der Waals surface area contributed by atoms with Gasteiger partial charge in [-0.05, 0) is 35.4 Å². The molecule has 0 spiro atoms. The zero-order valence-electron chi connectivity index (χ0n) is 24.2. The fraction of sp³-hybridized carbons (Fsp3) is 0.0571. The Hall–Kier alpha value is -5.65. The maximum atomic E-state index is 14.3. The van der Waals surface area contributed by atoms with Crippen molar-refractivity contribution < 1.29 is 23.9 Å². The molecule has 0 saturated carbocycles. The topological polar surface area (TPSA) is 125 Å². The van der Waals surface area contributed by atoms with Gasteiger partial charge >= 0.3 is 12.2 Å². The number of primary amides is 1. The summed E-state index contributed by atoms with van der Waals surface area (Å²) in [4.78, 5) is 50.5. The molecule has 0 bridgehead atoms. The third-order valence-corrected chi connectivity index (χ3v) is 8.72. The standard InChI is InChI=1S/C35H26N4O5S2/c36-32(41)43-33-37-27(21-23-13-5-1-6-14-23)30(45-33)29(40)31-28(22-24-15-7-2-8-16-24)38-34(46-31)44-35(42)39(25-17-9-3-10-18-25)26-19-11-4-12-20-26/h1-20H,21-22H2,(H2,36,41). The molecule has 0 saturated heterocycles. The number of hydrogen-bond donors (Lipinski definition) is 1. The van der Waals surface area contributed by atoms with Crippen LogP contribution in [0, 0.1) is 0 Å². The summed E-state index contributed by atoms with van der Waals surface area (Å²) in [7, 11) is 0. The van der Waals surface area contributed by atoms with Gasteiger partial charge in [-0.2, -0.15) is 0 Å². The Kier molecular flexibility index (Phi) is 9.23. The van der Waals surface area contributed by atoms with Crippen LogP contribution >= 0.6 is 22.7 Å². The van der Waals surface area contributed by atoms with Gasteiger partial charge < -0.3 is 15.2 Å². The number of benzene rings is 4. The van der Waals surface area contributed by atoms with Crippen LogP contribution in [-0.4, -0.2) is 27.9 Å². The molecule has 9 nitrogen and oxygen atoms in total. The number of thiazole rings is 2. The predicted molar refractivity (Wildman–Crippen MR) is 177 cm³/mol. The molecule has 46 heavy (non-hydrogen) atoms. The van der Waals surface area contributed by atoms with Gasteiger partial charge in [-0.1, -0.05) is 120 Å². The average molecular weight is 647 g/mol. The van der Waals surface area contributed by atoms with Crippen LogP contribution in [0.1, 0.15) is 37.1 Å². The highest BCUT2D eigenvalue weighted by Crippen LogP contribution is 2.35. The SMILES string of the molecule is NC(=O)Oc1nc(Cc2ccccc2)c(C(=O)c2sc(OC(=O)N(c3ccccc3)c3ccccc3)nc2Cc2ccccc2)s1. The smallest absolute Gasteiger partial charge is 0.381 e. The lowest BCUT2D eigenvalue weighted by Crippen LogP contribution is -2.29. The van der Waals surface area contributed by atoms with E-state index >= 15 is 0 Å². The van der Waals surface area contributed by atoms with E-state index in [1.807, 2.05) is 97.1 Å². The normalized spacial score (nSPS) is 10.7. The molecule has 6 aromatic rings. The largest absolute Gasteiger partial charge is 0.426 e. The zero-order valence-corrected chi connectivity index (χ0v) is 25.9. The number of aromatic nitrogens is 2. The molecule has 2 N–H and O–H groups in total. The van der Waals surface area contributed by atoms with E-state index in [0.717, 1.165) is 33.8 Å². The molecule has 0 atom stereocenters. The number of carbonyl (C=O) groups excluding carboxylic acids is 3. The van der Waals surface area contributed by atoms with Gasteiger partial charge in [-0.3, -0.25) is 4.79 Å². The Morgan fingerprint density at radius 1 is 0.587 bits per heavy atom. The van der Waals surface area contributed by atoms with Crippen LogP contribution in [0.4, 0.5) is 21.0 Å². The van der Waals surface area contributed by atoms with Crippen LogP contribution in [0.15, 0.2) is 121 Å². The van der Waals surface area contributed by atoms with Gasteiger partial charge in [0.2, 0.25) is 5.78 Å². The Balaban J connectivity index is 1.38. The summed E-state index contributed by atoms with van der Waals surface area (Å²) >= 11 is 1.90. The second-order valence-corrected chi connectivity index (χ2v) is 11.9. The van der Waals surface area contributed by atoms with Crippen LogP contribution in [-0.2, 0) is 12.8 Å². The second kappa shape index (κ2) is 14.0. The number of rotatable bonds is 10. The first-order chi connectivity index (χ1) is 22.4. The minimum atomic E-state index is -1.03. The zero-order chi connectivity index (χ0) is 31.9. The number of nitrogens with two attached hydrogens (primary N) is 1. The van der Waals surface area contributed by atoms with Crippen molar-refractivity contribution in [3.63, 3.8) is 0 Å². The summed E-state index contributed by atoms with van der Waals surface area (Å²) in [5.41, 5.74) is 9.16. The Bertz CT molecular complexity index is 1920. The van der Waals surface area contributed by atoms with Crippen molar-refractivity contribution >= 4 is 52.0 Å². The molecule has 0 radical (unpaired) electrons. The third-order valence-electron chi connectivity index (χ3n) is 6.77. The monoisotopic (exact) mass is 646 g/mol. The molecule has 2 aromatic heterocycles. The van der Waals surface area contributed by atoms with Crippen molar-refractivity contribution in [3.05, 3.63) is 154 Å². The first-order valence-corrected chi connectivity index (χ1v) is 15.8.